The van der Waals surface area contributed by atoms with Crippen LogP contribution >= 0.6 is 0 Å². The molecule has 2 N–H and O–H groups in total. The summed E-state index contributed by atoms with van der Waals surface area (Å²) >= 11 is 0. The van der Waals surface area contributed by atoms with E-state index in [9.17, 15) is 9.90 Å². The molecule has 0 heterocycles. The van der Waals surface area contributed by atoms with Crippen molar-refractivity contribution in [1.29, 1.82) is 0 Å². The largest absolute Gasteiger partial charge is 0.508 e. The van der Waals surface area contributed by atoms with Gasteiger partial charge < -0.3 is 10.2 Å². The van der Waals surface area contributed by atoms with Gasteiger partial charge in [-0.2, -0.15) is 0 Å². The van der Waals surface area contributed by atoms with Crippen molar-refractivity contribution in [3.8, 4) is 5.75 Å². The van der Waals surface area contributed by atoms with E-state index in [4.69, 9.17) is 5.11 Å². The highest BCUT2D eigenvalue weighted by Crippen LogP contribution is 2.24. The molecule has 1 rings (SSSR count). The van der Waals surface area contributed by atoms with E-state index in [1.165, 1.54) is 0 Å². The van der Waals surface area contributed by atoms with Gasteiger partial charge in [-0.3, -0.25) is 9.69 Å². The van der Waals surface area contributed by atoms with Gasteiger partial charge in [0.05, 0.1) is 0 Å². The third kappa shape index (κ3) is 2.97. The zero-order chi connectivity index (χ0) is 13.2. The summed E-state index contributed by atoms with van der Waals surface area (Å²) in [5, 5.41) is 18.7. The molecule has 94 valence electrons. The molecule has 0 radical (unpaired) electrons. The Morgan fingerprint density at radius 1 is 1.29 bits per heavy atom. The highest BCUT2D eigenvalue weighted by Gasteiger charge is 2.21. The normalized spacial score (nSPS) is 12.8. The second-order valence-corrected chi connectivity index (χ2v) is 4.52. The quantitative estimate of drug-likeness (QED) is 0.834. The van der Waals surface area contributed by atoms with Gasteiger partial charge in [0.25, 0.3) is 0 Å². The summed E-state index contributed by atoms with van der Waals surface area (Å²) in [4.78, 5) is 12.8. The average molecular weight is 237 g/mol. The van der Waals surface area contributed by atoms with Crippen molar-refractivity contribution < 1.29 is 15.0 Å². The number of carboxylic acid groups (broad SMARTS) is 1. The van der Waals surface area contributed by atoms with Crippen LogP contribution < -0.4 is 0 Å². The van der Waals surface area contributed by atoms with E-state index in [2.05, 4.69) is 0 Å². The summed E-state index contributed by atoms with van der Waals surface area (Å²) < 4.78 is 0. The number of carbonyl (C=O) groups is 1. The van der Waals surface area contributed by atoms with E-state index < -0.39 is 12.0 Å². The van der Waals surface area contributed by atoms with Crippen molar-refractivity contribution in [2.75, 3.05) is 14.1 Å². The number of benzene rings is 1. The summed E-state index contributed by atoms with van der Waals surface area (Å²) in [6.07, 6.45) is 0.440. The number of phenols is 1. The number of hydrogen-bond acceptors (Lipinski definition) is 3. The van der Waals surface area contributed by atoms with Crippen molar-refractivity contribution in [2.45, 2.75) is 26.3 Å². The Kier molecular flexibility index (Phi) is 4.12. The van der Waals surface area contributed by atoms with E-state index in [0.29, 0.717) is 6.42 Å². The fourth-order valence-corrected chi connectivity index (χ4v) is 1.78. The fourth-order valence-electron chi connectivity index (χ4n) is 1.78. The minimum atomic E-state index is -0.833. The van der Waals surface area contributed by atoms with Crippen LogP contribution in [-0.4, -0.2) is 41.2 Å². The second-order valence-electron chi connectivity index (χ2n) is 4.52. The smallest absolute Gasteiger partial charge is 0.321 e. The number of phenolic OH excluding ortho intramolecular Hbond substituents is 1. The maximum atomic E-state index is 11.1. The number of aromatic hydroxyl groups is 1. The first-order chi connectivity index (χ1) is 7.84. The molecule has 0 aliphatic carbocycles. The summed E-state index contributed by atoms with van der Waals surface area (Å²) in [6, 6.07) is 2.86. The molecule has 4 heteroatoms. The lowest BCUT2D eigenvalue weighted by atomic mass is 9.96. The molecule has 0 spiro atoms. The lowest BCUT2D eigenvalue weighted by Crippen LogP contribution is -2.37. The third-order valence-corrected chi connectivity index (χ3v) is 3.19. The standard InChI is InChI=1S/C13H19NO3/c1-8-9(2)12(15)6-5-10(8)7-11(13(16)17)14(3)4/h5-6,11,15H,7H2,1-4H3,(H,16,17)/t11-/m0/s1. The molecule has 1 atom stereocenters. The van der Waals surface area contributed by atoms with E-state index in [-0.39, 0.29) is 5.75 Å². The van der Waals surface area contributed by atoms with Crippen LogP contribution in [0.5, 0.6) is 5.75 Å². The highest BCUT2D eigenvalue weighted by atomic mass is 16.4. The number of likely N-dealkylation sites (N-methyl/N-ethyl adjacent to an activating group) is 1. The van der Waals surface area contributed by atoms with Crippen LogP contribution in [0.25, 0.3) is 0 Å². The maximum Gasteiger partial charge on any atom is 0.321 e. The first-order valence-electron chi connectivity index (χ1n) is 5.52. The van der Waals surface area contributed by atoms with Crippen molar-refractivity contribution in [2.24, 2.45) is 0 Å². The van der Waals surface area contributed by atoms with E-state index >= 15 is 0 Å². The van der Waals surface area contributed by atoms with Crippen LogP contribution in [0.15, 0.2) is 12.1 Å². The molecule has 17 heavy (non-hydrogen) atoms. The van der Waals surface area contributed by atoms with Gasteiger partial charge in [-0.15, -0.1) is 0 Å². The second kappa shape index (κ2) is 5.19. The van der Waals surface area contributed by atoms with Gasteiger partial charge in [-0.05, 0) is 57.1 Å². The molecule has 0 aromatic heterocycles. The monoisotopic (exact) mass is 237 g/mol. The summed E-state index contributed by atoms with van der Waals surface area (Å²) in [5.74, 6) is -0.580. The molecular formula is C13H19NO3. The molecule has 0 aliphatic heterocycles. The molecule has 0 saturated heterocycles. The third-order valence-electron chi connectivity index (χ3n) is 3.19. The molecule has 0 fully saturated rings. The zero-order valence-electron chi connectivity index (χ0n) is 10.7. The van der Waals surface area contributed by atoms with Crippen LogP contribution in [0.1, 0.15) is 16.7 Å². The Morgan fingerprint density at radius 3 is 2.35 bits per heavy atom. The summed E-state index contributed by atoms with van der Waals surface area (Å²) in [6.45, 7) is 3.73. The Morgan fingerprint density at radius 2 is 1.88 bits per heavy atom. The number of carboxylic acids is 1. The fraction of sp³-hybridized carbons (Fsp3) is 0.462. The van der Waals surface area contributed by atoms with Gasteiger partial charge in [0.1, 0.15) is 11.8 Å². The predicted molar refractivity (Wildman–Crippen MR) is 66.4 cm³/mol. The van der Waals surface area contributed by atoms with Gasteiger partial charge in [0.2, 0.25) is 0 Å². The zero-order valence-corrected chi connectivity index (χ0v) is 10.7. The van der Waals surface area contributed by atoms with Gasteiger partial charge in [-0.1, -0.05) is 6.07 Å². The minimum absolute atomic E-state index is 0.253. The predicted octanol–water partition coefficient (Wildman–Crippen LogP) is 1.57. The van der Waals surface area contributed by atoms with E-state index in [1.807, 2.05) is 13.8 Å². The molecule has 0 bridgehead atoms. The van der Waals surface area contributed by atoms with Crippen LogP contribution in [0.3, 0.4) is 0 Å². The van der Waals surface area contributed by atoms with Crippen LogP contribution in [0, 0.1) is 13.8 Å². The van der Waals surface area contributed by atoms with Crippen LogP contribution in [0.2, 0.25) is 0 Å². The van der Waals surface area contributed by atoms with E-state index in [1.54, 1.807) is 31.1 Å². The lowest BCUT2D eigenvalue weighted by molar-refractivity contribution is -0.142. The van der Waals surface area contributed by atoms with Crippen molar-refractivity contribution >= 4 is 5.97 Å². The Balaban J connectivity index is 3.02. The average Bonchev–Trinajstić information content (AvgIpc) is 2.24. The summed E-state index contributed by atoms with van der Waals surface area (Å²) in [5.41, 5.74) is 2.73. The van der Waals surface area contributed by atoms with E-state index in [0.717, 1.165) is 16.7 Å². The molecular weight excluding hydrogens is 218 g/mol. The van der Waals surface area contributed by atoms with Gasteiger partial charge in [0.15, 0.2) is 0 Å². The van der Waals surface area contributed by atoms with Crippen molar-refractivity contribution in [3.05, 3.63) is 28.8 Å². The first kappa shape index (κ1) is 13.5. The highest BCUT2D eigenvalue weighted by molar-refractivity contribution is 5.74. The van der Waals surface area contributed by atoms with Crippen LogP contribution in [0.4, 0.5) is 0 Å². The molecule has 1 aromatic rings. The van der Waals surface area contributed by atoms with Gasteiger partial charge in [-0.25, -0.2) is 0 Å². The number of rotatable bonds is 4. The lowest BCUT2D eigenvalue weighted by Gasteiger charge is -2.21. The number of aliphatic carboxylic acids is 1. The molecule has 1 aromatic carbocycles. The topological polar surface area (TPSA) is 60.8 Å². The maximum absolute atomic E-state index is 11.1. The molecule has 4 nitrogen and oxygen atoms in total. The van der Waals surface area contributed by atoms with Crippen molar-refractivity contribution in [1.82, 2.24) is 4.90 Å². The van der Waals surface area contributed by atoms with Gasteiger partial charge >= 0.3 is 5.97 Å². The molecule has 0 aliphatic rings. The molecule has 0 saturated carbocycles. The van der Waals surface area contributed by atoms with Crippen molar-refractivity contribution in [3.63, 3.8) is 0 Å². The number of nitrogens with zero attached hydrogens (tertiary/aromatic N) is 1. The Hall–Kier alpha value is -1.55. The van der Waals surface area contributed by atoms with Gasteiger partial charge in [0, 0.05) is 0 Å². The molecule has 0 unspecified atom stereocenters. The number of hydrogen-bond donors (Lipinski definition) is 2. The Labute approximate surface area is 101 Å². The molecule has 0 amide bonds. The van der Waals surface area contributed by atoms with Crippen LogP contribution in [-0.2, 0) is 11.2 Å². The Bertz CT molecular complexity index is 427. The minimum Gasteiger partial charge on any atom is -0.508 e. The SMILES string of the molecule is Cc1c(O)ccc(C[C@@H](C(=O)O)N(C)C)c1C. The summed E-state index contributed by atoms with van der Waals surface area (Å²) in [7, 11) is 3.50. The first-order valence-corrected chi connectivity index (χ1v) is 5.52.